The van der Waals surface area contributed by atoms with E-state index in [1.807, 2.05) is 12.1 Å². The molecule has 3 N–H and O–H groups in total. The Labute approximate surface area is 189 Å². The smallest absolute Gasteiger partial charge is 0.239 e. The Bertz CT molecular complexity index is 1070. The minimum absolute atomic E-state index is 0.188. The summed E-state index contributed by atoms with van der Waals surface area (Å²) in [6.45, 7) is 1.80. The van der Waals surface area contributed by atoms with Gasteiger partial charge in [-0.05, 0) is 43.7 Å². The van der Waals surface area contributed by atoms with Gasteiger partial charge in [-0.3, -0.25) is 14.6 Å². The van der Waals surface area contributed by atoms with Crippen molar-refractivity contribution in [2.24, 2.45) is 5.73 Å². The zero-order valence-corrected chi connectivity index (χ0v) is 18.2. The first-order chi connectivity index (χ1) is 14.8. The summed E-state index contributed by atoms with van der Waals surface area (Å²) in [4.78, 5) is 27.1. The molecule has 0 saturated heterocycles. The van der Waals surface area contributed by atoms with Gasteiger partial charge in [0.25, 0.3) is 0 Å². The summed E-state index contributed by atoms with van der Waals surface area (Å²) in [6.07, 6.45) is 4.01. The summed E-state index contributed by atoms with van der Waals surface area (Å²) in [5, 5.41) is 7.97. The molecule has 2 amide bonds. The topological polar surface area (TPSA) is 112 Å². The van der Waals surface area contributed by atoms with E-state index >= 15 is 0 Å². The fourth-order valence-corrected chi connectivity index (χ4v) is 3.01. The van der Waals surface area contributed by atoms with Crippen LogP contribution < -0.4 is 15.8 Å². The number of pyridine rings is 1. The maximum Gasteiger partial charge on any atom is 0.239 e. The lowest BCUT2D eigenvalue weighted by Crippen LogP contribution is -2.42. The SMILES string of the molecule is C[C@H](NC(=O)CCCOc1cc(-c2cccnc2)nn1-c1ccc(Cl)c(Cl)c1)C(N)=O. The van der Waals surface area contributed by atoms with Gasteiger partial charge in [0.1, 0.15) is 6.04 Å². The molecule has 0 bridgehead atoms. The minimum Gasteiger partial charge on any atom is -0.478 e. The molecule has 0 unspecified atom stereocenters. The van der Waals surface area contributed by atoms with Gasteiger partial charge in [0.2, 0.25) is 17.7 Å². The van der Waals surface area contributed by atoms with Gasteiger partial charge in [-0.2, -0.15) is 5.10 Å². The van der Waals surface area contributed by atoms with E-state index < -0.39 is 11.9 Å². The number of benzene rings is 1. The van der Waals surface area contributed by atoms with Gasteiger partial charge >= 0.3 is 0 Å². The van der Waals surface area contributed by atoms with Crippen LogP contribution in [0.25, 0.3) is 16.9 Å². The average Bonchev–Trinajstić information content (AvgIpc) is 3.18. The third-order valence-electron chi connectivity index (χ3n) is 4.38. The van der Waals surface area contributed by atoms with Crippen LogP contribution in [0.1, 0.15) is 19.8 Å². The van der Waals surface area contributed by atoms with Crippen LogP contribution in [0.3, 0.4) is 0 Å². The molecule has 2 aromatic heterocycles. The Hall–Kier alpha value is -3.10. The number of nitrogens with zero attached hydrogens (tertiary/aromatic N) is 3. The van der Waals surface area contributed by atoms with E-state index in [1.54, 1.807) is 41.3 Å². The van der Waals surface area contributed by atoms with Crippen LogP contribution in [0.5, 0.6) is 5.88 Å². The van der Waals surface area contributed by atoms with E-state index in [1.165, 1.54) is 6.92 Å². The van der Waals surface area contributed by atoms with Crippen molar-refractivity contribution in [1.29, 1.82) is 0 Å². The Morgan fingerprint density at radius 1 is 1.23 bits per heavy atom. The first-order valence-electron chi connectivity index (χ1n) is 9.52. The summed E-state index contributed by atoms with van der Waals surface area (Å²) in [6, 6.07) is 9.93. The standard InChI is InChI=1S/C21H21Cl2N5O3/c1-13(21(24)30)26-19(29)5-3-9-31-20-11-18(14-4-2-8-25-12-14)27-28(20)15-6-7-16(22)17(23)10-15/h2,4,6-8,10-13H,3,5,9H2,1H3,(H2,24,30)(H,26,29)/t13-/m0/s1. The number of hydrogen-bond acceptors (Lipinski definition) is 5. The Morgan fingerprint density at radius 2 is 2.03 bits per heavy atom. The highest BCUT2D eigenvalue weighted by molar-refractivity contribution is 6.42. The van der Waals surface area contributed by atoms with Crippen molar-refractivity contribution >= 4 is 35.0 Å². The summed E-state index contributed by atoms with van der Waals surface area (Å²) >= 11 is 12.2. The maximum absolute atomic E-state index is 11.9. The number of nitrogens with two attached hydrogens (primary N) is 1. The van der Waals surface area contributed by atoms with Crippen LogP contribution in [-0.2, 0) is 9.59 Å². The molecule has 0 aliphatic carbocycles. The number of ether oxygens (including phenoxy) is 1. The van der Waals surface area contributed by atoms with Gasteiger partial charge in [-0.25, -0.2) is 4.68 Å². The van der Waals surface area contributed by atoms with Crippen molar-refractivity contribution in [2.45, 2.75) is 25.8 Å². The van der Waals surface area contributed by atoms with Crippen LogP contribution in [0.15, 0.2) is 48.8 Å². The molecule has 0 saturated carbocycles. The van der Waals surface area contributed by atoms with Crippen LogP contribution in [0.4, 0.5) is 0 Å². The van der Waals surface area contributed by atoms with E-state index in [-0.39, 0.29) is 18.9 Å². The largest absolute Gasteiger partial charge is 0.478 e. The van der Waals surface area contributed by atoms with Gasteiger partial charge < -0.3 is 15.8 Å². The zero-order valence-electron chi connectivity index (χ0n) is 16.7. The van der Waals surface area contributed by atoms with Gasteiger partial charge in [-0.15, -0.1) is 0 Å². The number of carbonyl (C=O) groups is 2. The molecule has 0 fully saturated rings. The molecular weight excluding hydrogens is 441 g/mol. The number of carbonyl (C=O) groups excluding carboxylic acids is 2. The highest BCUT2D eigenvalue weighted by Gasteiger charge is 2.15. The van der Waals surface area contributed by atoms with Crippen LogP contribution in [-0.4, -0.2) is 39.2 Å². The Balaban J connectivity index is 1.74. The number of rotatable bonds is 9. The lowest BCUT2D eigenvalue weighted by Gasteiger charge is -2.11. The third kappa shape index (κ3) is 5.96. The second-order valence-electron chi connectivity index (χ2n) is 6.76. The minimum atomic E-state index is -0.716. The number of halogens is 2. The number of aromatic nitrogens is 3. The number of primary amides is 1. The van der Waals surface area contributed by atoms with Crippen LogP contribution >= 0.6 is 23.2 Å². The predicted octanol–water partition coefficient (Wildman–Crippen LogP) is 3.39. The molecule has 3 rings (SSSR count). The van der Waals surface area contributed by atoms with Crippen LogP contribution in [0, 0.1) is 0 Å². The van der Waals surface area contributed by atoms with E-state index in [4.69, 9.17) is 33.7 Å². The van der Waals surface area contributed by atoms with Crippen LogP contribution in [0.2, 0.25) is 10.0 Å². The van der Waals surface area contributed by atoms with E-state index in [9.17, 15) is 9.59 Å². The predicted molar refractivity (Wildman–Crippen MR) is 118 cm³/mol. The molecule has 3 aromatic rings. The van der Waals surface area contributed by atoms with E-state index in [0.717, 1.165) is 5.56 Å². The lowest BCUT2D eigenvalue weighted by molar-refractivity contribution is -0.127. The molecule has 0 aliphatic rings. The second-order valence-corrected chi connectivity index (χ2v) is 7.58. The molecule has 1 aromatic carbocycles. The summed E-state index contributed by atoms with van der Waals surface area (Å²) in [5.74, 6) is -0.384. The van der Waals surface area contributed by atoms with Crippen molar-refractivity contribution < 1.29 is 14.3 Å². The first-order valence-corrected chi connectivity index (χ1v) is 10.3. The highest BCUT2D eigenvalue weighted by atomic mass is 35.5. The number of hydrogen-bond donors (Lipinski definition) is 2. The molecule has 0 aliphatic heterocycles. The van der Waals surface area contributed by atoms with Crippen molar-refractivity contribution in [3.8, 4) is 22.8 Å². The molecule has 8 nitrogen and oxygen atoms in total. The van der Waals surface area contributed by atoms with E-state index in [2.05, 4.69) is 15.4 Å². The van der Waals surface area contributed by atoms with Crippen molar-refractivity contribution in [3.05, 3.63) is 58.8 Å². The van der Waals surface area contributed by atoms with Gasteiger partial charge in [-0.1, -0.05) is 23.2 Å². The monoisotopic (exact) mass is 461 g/mol. The lowest BCUT2D eigenvalue weighted by atomic mass is 10.2. The molecule has 0 spiro atoms. The average molecular weight is 462 g/mol. The molecule has 10 heteroatoms. The molecule has 1 atom stereocenters. The highest BCUT2D eigenvalue weighted by Crippen LogP contribution is 2.29. The molecule has 162 valence electrons. The number of nitrogens with one attached hydrogen (secondary N) is 1. The normalized spacial score (nSPS) is 11.7. The second kappa shape index (κ2) is 10.3. The summed E-state index contributed by atoms with van der Waals surface area (Å²) in [7, 11) is 0. The Morgan fingerprint density at radius 3 is 2.71 bits per heavy atom. The molecule has 0 radical (unpaired) electrons. The van der Waals surface area contributed by atoms with Gasteiger partial charge in [0.15, 0.2) is 0 Å². The molecular formula is C21H21Cl2N5O3. The van der Waals surface area contributed by atoms with Crippen molar-refractivity contribution in [3.63, 3.8) is 0 Å². The summed E-state index contributed by atoms with van der Waals surface area (Å²) in [5.41, 5.74) is 7.31. The quantitative estimate of drug-likeness (QED) is 0.474. The van der Waals surface area contributed by atoms with Crippen molar-refractivity contribution in [1.82, 2.24) is 20.1 Å². The Kier molecular flexibility index (Phi) is 7.49. The zero-order chi connectivity index (χ0) is 22.4. The molecule has 2 heterocycles. The first kappa shape index (κ1) is 22.6. The van der Waals surface area contributed by atoms with Gasteiger partial charge in [0.05, 0.1) is 28.0 Å². The molecule has 31 heavy (non-hydrogen) atoms. The third-order valence-corrected chi connectivity index (χ3v) is 5.12. The van der Waals surface area contributed by atoms with Gasteiger partial charge in [0, 0.05) is 30.4 Å². The van der Waals surface area contributed by atoms with Crippen molar-refractivity contribution in [2.75, 3.05) is 6.61 Å². The fraction of sp³-hybridized carbons (Fsp3) is 0.238. The summed E-state index contributed by atoms with van der Waals surface area (Å²) < 4.78 is 7.51. The van der Waals surface area contributed by atoms with E-state index in [0.29, 0.717) is 33.7 Å². The maximum atomic E-state index is 11.9. The number of amides is 2. The fourth-order valence-electron chi connectivity index (χ4n) is 2.72.